The van der Waals surface area contributed by atoms with Crippen LogP contribution in [0.2, 0.25) is 5.02 Å². The molecule has 0 spiro atoms. The smallest absolute Gasteiger partial charge is 0.315 e. The van der Waals surface area contributed by atoms with Gasteiger partial charge in [0.05, 0.1) is 0 Å². The summed E-state index contributed by atoms with van der Waals surface area (Å²) in [6, 6.07) is 6.91. The Hall–Kier alpha value is -1.75. The highest BCUT2D eigenvalue weighted by Gasteiger charge is 2.09. The van der Waals surface area contributed by atoms with Crippen molar-refractivity contribution in [3.63, 3.8) is 0 Å². The van der Waals surface area contributed by atoms with Crippen molar-refractivity contribution < 1.29 is 14.7 Å². The minimum absolute atomic E-state index is 0.0325. The van der Waals surface area contributed by atoms with Crippen molar-refractivity contribution in [3.05, 3.63) is 34.9 Å². The molecule has 0 saturated heterocycles. The first-order valence-corrected chi connectivity index (χ1v) is 6.33. The number of amides is 2. The molecular formula is C13H17ClN2O3. The van der Waals surface area contributed by atoms with Crippen LogP contribution in [0.1, 0.15) is 18.9 Å². The average Bonchev–Trinajstić information content (AvgIpc) is 2.34. The van der Waals surface area contributed by atoms with E-state index in [4.69, 9.17) is 16.7 Å². The molecule has 5 nitrogen and oxygen atoms in total. The lowest BCUT2D eigenvalue weighted by molar-refractivity contribution is -0.137. The topological polar surface area (TPSA) is 78.4 Å². The van der Waals surface area contributed by atoms with Gasteiger partial charge in [0.2, 0.25) is 0 Å². The molecule has 19 heavy (non-hydrogen) atoms. The van der Waals surface area contributed by atoms with Crippen LogP contribution >= 0.6 is 11.6 Å². The zero-order valence-corrected chi connectivity index (χ0v) is 11.4. The number of halogens is 1. The maximum absolute atomic E-state index is 11.5. The fraction of sp³-hybridized carbons (Fsp3) is 0.385. The number of carboxylic acid groups (broad SMARTS) is 1. The third-order valence-electron chi connectivity index (χ3n) is 2.53. The lowest BCUT2D eigenvalue weighted by atomic mass is 10.1. The highest BCUT2D eigenvalue weighted by atomic mass is 35.5. The van der Waals surface area contributed by atoms with E-state index in [0.717, 1.165) is 5.56 Å². The first-order valence-electron chi connectivity index (χ1n) is 5.96. The molecule has 1 unspecified atom stereocenters. The van der Waals surface area contributed by atoms with Crippen molar-refractivity contribution in [3.8, 4) is 0 Å². The average molecular weight is 285 g/mol. The van der Waals surface area contributed by atoms with Gasteiger partial charge in [0, 0.05) is 24.5 Å². The maximum atomic E-state index is 11.5. The fourth-order valence-corrected chi connectivity index (χ4v) is 1.72. The van der Waals surface area contributed by atoms with E-state index in [0.29, 0.717) is 18.1 Å². The Kier molecular flexibility index (Phi) is 6.15. The van der Waals surface area contributed by atoms with Gasteiger partial charge in [-0.15, -0.1) is 0 Å². The summed E-state index contributed by atoms with van der Waals surface area (Å²) in [7, 11) is 0. The van der Waals surface area contributed by atoms with Gasteiger partial charge in [-0.3, -0.25) is 4.79 Å². The van der Waals surface area contributed by atoms with E-state index in [1.54, 1.807) is 13.0 Å². The maximum Gasteiger partial charge on any atom is 0.315 e. The van der Waals surface area contributed by atoms with Crippen LogP contribution in [0.3, 0.4) is 0 Å². The van der Waals surface area contributed by atoms with Crippen LogP contribution in [-0.4, -0.2) is 23.7 Å². The molecule has 1 aromatic carbocycles. The first-order chi connectivity index (χ1) is 8.99. The van der Waals surface area contributed by atoms with E-state index in [1.807, 2.05) is 18.2 Å². The molecule has 0 aromatic heterocycles. The zero-order chi connectivity index (χ0) is 14.3. The SMILES string of the molecule is CC(CNC(=O)NCc1ccccc1Cl)CC(=O)O. The Morgan fingerprint density at radius 1 is 1.32 bits per heavy atom. The largest absolute Gasteiger partial charge is 0.481 e. The van der Waals surface area contributed by atoms with Crippen LogP contribution in [0.4, 0.5) is 4.79 Å². The Morgan fingerprint density at radius 3 is 2.63 bits per heavy atom. The van der Waals surface area contributed by atoms with Crippen LogP contribution < -0.4 is 10.6 Å². The van der Waals surface area contributed by atoms with Crippen molar-refractivity contribution in [1.82, 2.24) is 10.6 Å². The second kappa shape index (κ2) is 7.63. The number of carbonyl (C=O) groups excluding carboxylic acids is 1. The van der Waals surface area contributed by atoms with E-state index in [2.05, 4.69) is 10.6 Å². The molecule has 3 N–H and O–H groups in total. The predicted octanol–water partition coefficient (Wildman–Crippen LogP) is 2.25. The van der Waals surface area contributed by atoms with Gasteiger partial charge in [0.15, 0.2) is 0 Å². The summed E-state index contributed by atoms with van der Waals surface area (Å²) in [6.45, 7) is 2.42. The van der Waals surface area contributed by atoms with E-state index >= 15 is 0 Å². The van der Waals surface area contributed by atoms with Gasteiger partial charge in [0.25, 0.3) is 0 Å². The quantitative estimate of drug-likeness (QED) is 0.750. The van der Waals surface area contributed by atoms with E-state index < -0.39 is 5.97 Å². The summed E-state index contributed by atoms with van der Waals surface area (Å²) in [5.74, 6) is -0.977. The molecule has 0 bridgehead atoms. The fourth-order valence-electron chi connectivity index (χ4n) is 1.52. The minimum atomic E-state index is -0.870. The van der Waals surface area contributed by atoms with Crippen molar-refractivity contribution >= 4 is 23.6 Å². The van der Waals surface area contributed by atoms with Gasteiger partial charge >= 0.3 is 12.0 Å². The Labute approximate surface area is 117 Å². The molecule has 6 heteroatoms. The number of aliphatic carboxylic acids is 1. The minimum Gasteiger partial charge on any atom is -0.481 e. The molecule has 1 rings (SSSR count). The molecule has 0 aliphatic rings. The number of carboxylic acids is 1. The number of carbonyl (C=O) groups is 2. The molecule has 0 aliphatic carbocycles. The van der Waals surface area contributed by atoms with Crippen molar-refractivity contribution in [2.45, 2.75) is 19.9 Å². The van der Waals surface area contributed by atoms with Gasteiger partial charge < -0.3 is 15.7 Å². The highest BCUT2D eigenvalue weighted by Crippen LogP contribution is 2.14. The normalized spacial score (nSPS) is 11.7. The van der Waals surface area contributed by atoms with Gasteiger partial charge in [-0.05, 0) is 17.5 Å². The lowest BCUT2D eigenvalue weighted by Gasteiger charge is -2.11. The van der Waals surface area contributed by atoms with Crippen LogP contribution in [0, 0.1) is 5.92 Å². The van der Waals surface area contributed by atoms with Crippen molar-refractivity contribution in [2.24, 2.45) is 5.92 Å². The summed E-state index contributed by atoms with van der Waals surface area (Å²) >= 11 is 5.96. The third-order valence-corrected chi connectivity index (χ3v) is 2.90. The molecule has 2 amide bonds. The number of nitrogens with one attached hydrogen (secondary N) is 2. The van der Waals surface area contributed by atoms with Crippen LogP contribution in [0.25, 0.3) is 0 Å². The second-order valence-electron chi connectivity index (χ2n) is 4.36. The molecule has 0 aliphatic heterocycles. The van der Waals surface area contributed by atoms with E-state index in [-0.39, 0.29) is 18.4 Å². The summed E-state index contributed by atoms with van der Waals surface area (Å²) < 4.78 is 0. The Morgan fingerprint density at radius 2 is 2.00 bits per heavy atom. The lowest BCUT2D eigenvalue weighted by Crippen LogP contribution is -2.37. The molecular weight excluding hydrogens is 268 g/mol. The van der Waals surface area contributed by atoms with Crippen molar-refractivity contribution in [2.75, 3.05) is 6.54 Å². The number of hydrogen-bond donors (Lipinski definition) is 3. The molecule has 1 atom stereocenters. The van der Waals surface area contributed by atoms with Crippen molar-refractivity contribution in [1.29, 1.82) is 0 Å². The number of urea groups is 1. The number of rotatable bonds is 6. The van der Waals surface area contributed by atoms with E-state index in [1.165, 1.54) is 0 Å². The standard InChI is InChI=1S/C13H17ClN2O3/c1-9(6-12(17)18)7-15-13(19)16-8-10-4-2-3-5-11(10)14/h2-5,9H,6-8H2,1H3,(H,17,18)(H2,15,16,19). The molecule has 0 heterocycles. The monoisotopic (exact) mass is 284 g/mol. The second-order valence-corrected chi connectivity index (χ2v) is 4.77. The van der Waals surface area contributed by atoms with Gasteiger partial charge in [-0.1, -0.05) is 36.7 Å². The third kappa shape index (κ3) is 6.10. The summed E-state index contributed by atoms with van der Waals surface area (Å²) in [6.07, 6.45) is 0.0325. The molecule has 0 saturated carbocycles. The molecule has 0 fully saturated rings. The molecule has 1 aromatic rings. The Balaban J connectivity index is 2.29. The Bertz CT molecular complexity index is 451. The van der Waals surface area contributed by atoms with Gasteiger partial charge in [-0.25, -0.2) is 4.79 Å². The van der Waals surface area contributed by atoms with Crippen LogP contribution in [-0.2, 0) is 11.3 Å². The summed E-state index contributed by atoms with van der Waals surface area (Å²) in [5, 5.41) is 14.5. The van der Waals surface area contributed by atoms with Gasteiger partial charge in [-0.2, -0.15) is 0 Å². The van der Waals surface area contributed by atoms with Gasteiger partial charge in [0.1, 0.15) is 0 Å². The van der Waals surface area contributed by atoms with Crippen LogP contribution in [0.15, 0.2) is 24.3 Å². The van der Waals surface area contributed by atoms with Crippen LogP contribution in [0.5, 0.6) is 0 Å². The predicted molar refractivity (Wildman–Crippen MR) is 73.1 cm³/mol. The zero-order valence-electron chi connectivity index (χ0n) is 10.6. The summed E-state index contributed by atoms with van der Waals surface area (Å²) in [5.41, 5.74) is 0.831. The molecule has 0 radical (unpaired) electrons. The van der Waals surface area contributed by atoms with E-state index in [9.17, 15) is 9.59 Å². The summed E-state index contributed by atoms with van der Waals surface area (Å²) in [4.78, 5) is 22.0. The molecule has 104 valence electrons. The number of benzene rings is 1. The first kappa shape index (κ1) is 15.3. The number of hydrogen-bond acceptors (Lipinski definition) is 2. The highest BCUT2D eigenvalue weighted by molar-refractivity contribution is 6.31.